The summed E-state index contributed by atoms with van der Waals surface area (Å²) in [6, 6.07) is 0. The van der Waals surface area contributed by atoms with Crippen molar-refractivity contribution < 1.29 is 0 Å². The van der Waals surface area contributed by atoms with Gasteiger partial charge in [-0.05, 0) is 36.0 Å². The molecule has 0 aliphatic heterocycles. The molecule has 0 heteroatoms. The van der Waals surface area contributed by atoms with Gasteiger partial charge in [-0.3, -0.25) is 0 Å². The van der Waals surface area contributed by atoms with Gasteiger partial charge in [0, 0.05) is 0 Å². The smallest absolute Gasteiger partial charge is 0.0293 e. The van der Waals surface area contributed by atoms with Crippen molar-refractivity contribution in [3.63, 3.8) is 0 Å². The van der Waals surface area contributed by atoms with Crippen molar-refractivity contribution in [1.29, 1.82) is 0 Å². The molecule has 0 amide bonds. The standard InChI is InChI=1S/C16H34/c1-8-11-16(7,12-13(4)5)15(10-3)14(6)9-2/h13-15H,8-12H2,1-7H3. The Morgan fingerprint density at radius 3 is 1.81 bits per heavy atom. The van der Waals surface area contributed by atoms with Crippen LogP contribution in [0.1, 0.15) is 80.6 Å². The highest BCUT2D eigenvalue weighted by molar-refractivity contribution is 4.85. The van der Waals surface area contributed by atoms with Crippen LogP contribution in [0.5, 0.6) is 0 Å². The summed E-state index contributed by atoms with van der Waals surface area (Å²) < 4.78 is 0. The van der Waals surface area contributed by atoms with Gasteiger partial charge in [0.15, 0.2) is 0 Å². The fraction of sp³-hybridized carbons (Fsp3) is 1.00. The lowest BCUT2D eigenvalue weighted by Gasteiger charge is -2.42. The van der Waals surface area contributed by atoms with Gasteiger partial charge in [0.1, 0.15) is 0 Å². The lowest BCUT2D eigenvalue weighted by molar-refractivity contribution is 0.0802. The van der Waals surface area contributed by atoms with E-state index < -0.39 is 0 Å². The third-order valence-electron chi connectivity index (χ3n) is 4.36. The summed E-state index contributed by atoms with van der Waals surface area (Å²) in [6.45, 7) is 16.8. The van der Waals surface area contributed by atoms with Gasteiger partial charge in [-0.15, -0.1) is 0 Å². The molecule has 0 spiro atoms. The van der Waals surface area contributed by atoms with E-state index in [0.29, 0.717) is 5.41 Å². The first kappa shape index (κ1) is 16.0. The highest BCUT2D eigenvalue weighted by Gasteiger charge is 2.35. The molecule has 0 aromatic heterocycles. The van der Waals surface area contributed by atoms with Crippen molar-refractivity contribution in [1.82, 2.24) is 0 Å². The minimum atomic E-state index is 0.563. The first-order valence-electron chi connectivity index (χ1n) is 7.41. The molecule has 0 aromatic rings. The van der Waals surface area contributed by atoms with Crippen LogP contribution in [0.4, 0.5) is 0 Å². The molecule has 0 aliphatic carbocycles. The average Bonchev–Trinajstić information content (AvgIpc) is 2.17. The molecule has 3 atom stereocenters. The van der Waals surface area contributed by atoms with Crippen LogP contribution >= 0.6 is 0 Å². The third kappa shape index (κ3) is 4.47. The molecule has 0 heterocycles. The maximum absolute atomic E-state index is 2.54. The Balaban J connectivity index is 4.81. The SMILES string of the molecule is CCCC(C)(CC(C)C)C(CC)C(C)CC. The minimum Gasteiger partial charge on any atom is -0.0654 e. The van der Waals surface area contributed by atoms with Crippen LogP contribution in [0, 0.1) is 23.2 Å². The normalized spacial score (nSPS) is 19.5. The minimum absolute atomic E-state index is 0.563. The molecule has 0 saturated heterocycles. The second-order valence-corrected chi connectivity index (χ2v) is 6.40. The zero-order valence-corrected chi connectivity index (χ0v) is 12.8. The first-order valence-corrected chi connectivity index (χ1v) is 7.41. The molecule has 0 saturated carbocycles. The van der Waals surface area contributed by atoms with Gasteiger partial charge >= 0.3 is 0 Å². The molecular formula is C16H34. The molecule has 98 valence electrons. The van der Waals surface area contributed by atoms with Gasteiger partial charge in [-0.25, -0.2) is 0 Å². The Labute approximate surface area is 104 Å². The van der Waals surface area contributed by atoms with Crippen molar-refractivity contribution in [2.75, 3.05) is 0 Å². The zero-order valence-electron chi connectivity index (χ0n) is 12.8. The summed E-state index contributed by atoms with van der Waals surface area (Å²) in [7, 11) is 0. The van der Waals surface area contributed by atoms with E-state index in [1.807, 2.05) is 0 Å². The van der Waals surface area contributed by atoms with Crippen LogP contribution < -0.4 is 0 Å². The molecule has 0 aliphatic rings. The van der Waals surface area contributed by atoms with Crippen molar-refractivity contribution in [3.8, 4) is 0 Å². The second-order valence-electron chi connectivity index (χ2n) is 6.40. The first-order chi connectivity index (χ1) is 7.41. The third-order valence-corrected chi connectivity index (χ3v) is 4.36. The zero-order chi connectivity index (χ0) is 12.8. The molecule has 0 N–H and O–H groups in total. The summed E-state index contributed by atoms with van der Waals surface area (Å²) in [4.78, 5) is 0. The van der Waals surface area contributed by atoms with E-state index in [1.165, 1.54) is 32.1 Å². The van der Waals surface area contributed by atoms with Gasteiger partial charge in [-0.1, -0.05) is 67.7 Å². The fourth-order valence-electron chi connectivity index (χ4n) is 3.81. The van der Waals surface area contributed by atoms with Gasteiger partial charge in [-0.2, -0.15) is 0 Å². The van der Waals surface area contributed by atoms with Gasteiger partial charge in [0.25, 0.3) is 0 Å². The van der Waals surface area contributed by atoms with Crippen LogP contribution in [0.2, 0.25) is 0 Å². The lowest BCUT2D eigenvalue weighted by atomic mass is 9.63. The van der Waals surface area contributed by atoms with Gasteiger partial charge < -0.3 is 0 Å². The van der Waals surface area contributed by atoms with Crippen molar-refractivity contribution in [2.45, 2.75) is 80.6 Å². The summed E-state index contributed by atoms with van der Waals surface area (Å²) in [5.41, 5.74) is 0.563. The average molecular weight is 226 g/mol. The monoisotopic (exact) mass is 226 g/mol. The van der Waals surface area contributed by atoms with Crippen LogP contribution in [0.25, 0.3) is 0 Å². The van der Waals surface area contributed by atoms with E-state index in [-0.39, 0.29) is 0 Å². The number of rotatable bonds is 8. The summed E-state index contributed by atoms with van der Waals surface area (Å²) in [5.74, 6) is 2.61. The quantitative estimate of drug-likeness (QED) is 0.482. The molecule has 0 aromatic carbocycles. The Bertz CT molecular complexity index is 171. The Kier molecular flexibility index (Phi) is 7.35. The highest BCUT2D eigenvalue weighted by Crippen LogP contribution is 2.44. The molecule has 3 unspecified atom stereocenters. The fourth-order valence-corrected chi connectivity index (χ4v) is 3.81. The molecule has 0 rings (SSSR count). The van der Waals surface area contributed by atoms with E-state index in [1.54, 1.807) is 0 Å². The molecule has 16 heavy (non-hydrogen) atoms. The lowest BCUT2D eigenvalue weighted by Crippen LogP contribution is -2.33. The van der Waals surface area contributed by atoms with E-state index in [0.717, 1.165) is 17.8 Å². The molecule has 0 bridgehead atoms. The molecule has 0 nitrogen and oxygen atoms in total. The van der Waals surface area contributed by atoms with Crippen LogP contribution in [-0.2, 0) is 0 Å². The molecular weight excluding hydrogens is 192 g/mol. The van der Waals surface area contributed by atoms with Gasteiger partial charge in [0.2, 0.25) is 0 Å². The van der Waals surface area contributed by atoms with Crippen LogP contribution in [-0.4, -0.2) is 0 Å². The van der Waals surface area contributed by atoms with E-state index >= 15 is 0 Å². The number of hydrogen-bond donors (Lipinski definition) is 0. The predicted molar refractivity (Wildman–Crippen MR) is 75.7 cm³/mol. The Morgan fingerprint density at radius 2 is 1.50 bits per heavy atom. The number of hydrogen-bond acceptors (Lipinski definition) is 0. The van der Waals surface area contributed by atoms with E-state index in [9.17, 15) is 0 Å². The summed E-state index contributed by atoms with van der Waals surface area (Å²) in [5, 5.41) is 0. The maximum Gasteiger partial charge on any atom is -0.0293 e. The maximum atomic E-state index is 2.54. The van der Waals surface area contributed by atoms with Crippen molar-refractivity contribution in [2.24, 2.45) is 23.2 Å². The largest absolute Gasteiger partial charge is 0.0654 e. The second kappa shape index (κ2) is 7.35. The molecule has 0 radical (unpaired) electrons. The van der Waals surface area contributed by atoms with Gasteiger partial charge in [0.05, 0.1) is 0 Å². The topological polar surface area (TPSA) is 0 Å². The van der Waals surface area contributed by atoms with Crippen molar-refractivity contribution >= 4 is 0 Å². The van der Waals surface area contributed by atoms with Crippen LogP contribution in [0.3, 0.4) is 0 Å². The predicted octanol–water partition coefficient (Wildman–Crippen LogP) is 5.91. The Hall–Kier alpha value is 0. The highest BCUT2D eigenvalue weighted by atomic mass is 14.4. The van der Waals surface area contributed by atoms with E-state index in [2.05, 4.69) is 48.5 Å². The summed E-state index contributed by atoms with van der Waals surface area (Å²) >= 11 is 0. The van der Waals surface area contributed by atoms with Crippen molar-refractivity contribution in [3.05, 3.63) is 0 Å². The van der Waals surface area contributed by atoms with E-state index in [4.69, 9.17) is 0 Å². The summed E-state index contributed by atoms with van der Waals surface area (Å²) in [6.07, 6.45) is 6.79. The Morgan fingerprint density at radius 1 is 0.938 bits per heavy atom. The molecule has 0 fully saturated rings. The van der Waals surface area contributed by atoms with Crippen LogP contribution in [0.15, 0.2) is 0 Å².